The van der Waals surface area contributed by atoms with Gasteiger partial charge in [0.05, 0.1) is 37.2 Å². The summed E-state index contributed by atoms with van der Waals surface area (Å²) in [7, 11) is -14.6. The normalized spacial score (nSPS) is 13.0. The molecule has 0 radical (unpaired) electrons. The Morgan fingerprint density at radius 2 is 0.821 bits per heavy atom. The lowest BCUT2D eigenvalue weighted by Crippen LogP contribution is -2.07. The summed E-state index contributed by atoms with van der Waals surface area (Å²) < 4.78 is 108. The van der Waals surface area contributed by atoms with Gasteiger partial charge in [0.1, 0.15) is 0 Å². The molecule has 12 nitrogen and oxygen atoms in total. The van der Waals surface area contributed by atoms with Crippen molar-refractivity contribution < 1.29 is 51.1 Å². The van der Waals surface area contributed by atoms with Gasteiger partial charge in [-0.05, 0) is 25.7 Å². The average molecular weight is 493 g/mol. The molecule has 0 aromatic heterocycles. The summed E-state index contributed by atoms with van der Waals surface area (Å²) >= 11 is 0. The topological polar surface area (TPSA) is 195 Å². The van der Waals surface area contributed by atoms with Crippen LogP contribution in [0.1, 0.15) is 38.5 Å². The van der Waals surface area contributed by atoms with E-state index in [1.54, 1.807) is 0 Å². The average Bonchev–Trinajstić information content (AvgIpc) is 2.43. The van der Waals surface area contributed by atoms with E-state index in [2.05, 4.69) is 8.37 Å². The maximum absolute atomic E-state index is 10.5. The number of hydrogen-bond donors (Lipinski definition) is 2. The van der Waals surface area contributed by atoms with Crippen molar-refractivity contribution in [1.29, 1.82) is 0 Å². The van der Waals surface area contributed by atoms with Gasteiger partial charge in [0, 0.05) is 0 Å². The van der Waals surface area contributed by atoms with E-state index < -0.39 is 40.5 Å². The van der Waals surface area contributed by atoms with Gasteiger partial charge in [-0.25, -0.2) is 0 Å². The molecule has 0 spiro atoms. The highest BCUT2D eigenvalue weighted by molar-refractivity contribution is 7.86. The zero-order chi connectivity index (χ0) is 22.5. The highest BCUT2D eigenvalue weighted by Gasteiger charge is 2.06. The fraction of sp³-hybridized carbons (Fsp3) is 1.00. The fourth-order valence-electron chi connectivity index (χ4n) is 1.55. The lowest BCUT2D eigenvalue weighted by Gasteiger charge is -2.01. The lowest BCUT2D eigenvalue weighted by atomic mass is 10.2. The molecule has 0 atom stereocenters. The van der Waals surface area contributed by atoms with Gasteiger partial charge in [0.2, 0.25) is 0 Å². The third kappa shape index (κ3) is 33.2. The van der Waals surface area contributed by atoms with Crippen LogP contribution in [0.25, 0.3) is 0 Å². The SMILES string of the molecule is CS(=O)(=O)OCCCCOS(C)(=O)=O.O=S(=O)(O)CCCCCCS(=O)(=O)O. The predicted octanol–water partition coefficient (Wildman–Crippen LogP) is 0.0414. The largest absolute Gasteiger partial charge is 0.286 e. The van der Waals surface area contributed by atoms with Crippen molar-refractivity contribution in [3.63, 3.8) is 0 Å². The Labute approximate surface area is 167 Å². The third-order valence-electron chi connectivity index (χ3n) is 2.69. The van der Waals surface area contributed by atoms with Crippen LogP contribution >= 0.6 is 0 Å². The van der Waals surface area contributed by atoms with Crippen LogP contribution < -0.4 is 0 Å². The first kappa shape index (κ1) is 29.8. The van der Waals surface area contributed by atoms with Crippen LogP contribution in [0.3, 0.4) is 0 Å². The number of unbranched alkanes of at least 4 members (excludes halogenated alkanes) is 4. The molecule has 16 heteroatoms. The molecule has 28 heavy (non-hydrogen) atoms. The second kappa shape index (κ2) is 13.8. The maximum atomic E-state index is 10.5. The number of rotatable bonds is 14. The van der Waals surface area contributed by atoms with Gasteiger partial charge in [-0.1, -0.05) is 12.8 Å². The van der Waals surface area contributed by atoms with Crippen molar-refractivity contribution in [1.82, 2.24) is 0 Å². The van der Waals surface area contributed by atoms with Crippen LogP contribution in [0.4, 0.5) is 0 Å². The quantitative estimate of drug-likeness (QED) is 0.188. The van der Waals surface area contributed by atoms with E-state index in [4.69, 9.17) is 9.11 Å². The lowest BCUT2D eigenvalue weighted by molar-refractivity contribution is 0.273. The van der Waals surface area contributed by atoms with Crippen molar-refractivity contribution in [2.45, 2.75) is 38.5 Å². The molecule has 0 aliphatic rings. The minimum Gasteiger partial charge on any atom is -0.286 e. The molecule has 0 heterocycles. The summed E-state index contributed by atoms with van der Waals surface area (Å²) in [5, 5.41) is 0. The van der Waals surface area contributed by atoms with Crippen molar-refractivity contribution in [3.05, 3.63) is 0 Å². The Balaban J connectivity index is 0. The Bertz CT molecular complexity index is 681. The minimum absolute atomic E-state index is 0.0476. The first-order valence-corrected chi connectivity index (χ1v) is 14.9. The van der Waals surface area contributed by atoms with Crippen LogP contribution in [0.15, 0.2) is 0 Å². The highest BCUT2D eigenvalue weighted by atomic mass is 32.2. The summed E-state index contributed by atoms with van der Waals surface area (Å²) in [5.41, 5.74) is 0. The third-order valence-corrected chi connectivity index (χ3v) is 5.49. The minimum atomic E-state index is -3.91. The standard InChI is InChI=1S/2C6H14O6S2/c1-13(7,8)11-5-3-4-6-12-14(2,9)10;7-13(8,9)5-3-1-2-4-6-14(10,11)12/h3-6H2,1-2H3;1-6H2,(H,7,8,9)(H,10,11,12). The van der Waals surface area contributed by atoms with Crippen LogP contribution in [0.5, 0.6) is 0 Å². The van der Waals surface area contributed by atoms with E-state index in [0.717, 1.165) is 12.5 Å². The van der Waals surface area contributed by atoms with Crippen molar-refractivity contribution in [2.24, 2.45) is 0 Å². The molecule has 0 fully saturated rings. The summed E-state index contributed by atoms with van der Waals surface area (Å²) in [6.07, 6.45) is 4.39. The summed E-state index contributed by atoms with van der Waals surface area (Å²) in [4.78, 5) is 0. The van der Waals surface area contributed by atoms with Gasteiger partial charge in [0.15, 0.2) is 0 Å². The Kier molecular flexibility index (Phi) is 14.7. The highest BCUT2D eigenvalue weighted by Crippen LogP contribution is 2.03. The maximum Gasteiger partial charge on any atom is 0.264 e. The zero-order valence-electron chi connectivity index (χ0n) is 15.7. The van der Waals surface area contributed by atoms with Crippen LogP contribution in [0.2, 0.25) is 0 Å². The first-order valence-electron chi connectivity index (χ1n) is 8.00. The Morgan fingerprint density at radius 1 is 0.536 bits per heavy atom. The van der Waals surface area contributed by atoms with Crippen LogP contribution in [-0.4, -0.2) is 80.0 Å². The molecule has 172 valence electrons. The van der Waals surface area contributed by atoms with Gasteiger partial charge in [-0.3, -0.25) is 17.5 Å². The second-order valence-corrected chi connectivity index (χ2v) is 12.2. The number of hydrogen-bond acceptors (Lipinski definition) is 10. The van der Waals surface area contributed by atoms with E-state index in [9.17, 15) is 33.7 Å². The van der Waals surface area contributed by atoms with Gasteiger partial charge in [-0.2, -0.15) is 33.7 Å². The van der Waals surface area contributed by atoms with Crippen molar-refractivity contribution in [3.8, 4) is 0 Å². The predicted molar refractivity (Wildman–Crippen MR) is 102 cm³/mol. The second-order valence-electron chi connectivity index (χ2n) is 5.75. The Hall–Kier alpha value is -0.360. The van der Waals surface area contributed by atoms with E-state index in [1.165, 1.54) is 0 Å². The molecule has 0 amide bonds. The van der Waals surface area contributed by atoms with Crippen LogP contribution in [-0.2, 0) is 48.8 Å². The molecule has 0 bridgehead atoms. The zero-order valence-corrected chi connectivity index (χ0v) is 18.9. The summed E-state index contributed by atoms with van der Waals surface area (Å²) in [6.45, 7) is 0.0951. The van der Waals surface area contributed by atoms with E-state index in [-0.39, 0.29) is 24.7 Å². The van der Waals surface area contributed by atoms with Gasteiger partial charge in [-0.15, -0.1) is 0 Å². The molecule has 0 aliphatic carbocycles. The molecule has 0 rings (SSSR count). The molecule has 0 aromatic carbocycles. The molecular weight excluding hydrogens is 464 g/mol. The van der Waals surface area contributed by atoms with Gasteiger partial charge in [0.25, 0.3) is 40.5 Å². The molecule has 0 saturated heterocycles. The smallest absolute Gasteiger partial charge is 0.264 e. The summed E-state index contributed by atoms with van der Waals surface area (Å²) in [6, 6.07) is 0. The monoisotopic (exact) mass is 492 g/mol. The molecule has 0 aromatic rings. The molecule has 0 saturated carbocycles. The van der Waals surface area contributed by atoms with E-state index in [0.29, 0.717) is 38.5 Å². The van der Waals surface area contributed by atoms with E-state index >= 15 is 0 Å². The Morgan fingerprint density at radius 3 is 1.04 bits per heavy atom. The van der Waals surface area contributed by atoms with E-state index in [1.807, 2.05) is 0 Å². The molecule has 2 N–H and O–H groups in total. The van der Waals surface area contributed by atoms with Gasteiger partial charge >= 0.3 is 0 Å². The fourth-order valence-corrected chi connectivity index (χ4v) is 3.53. The molecular formula is C12H28O12S4. The first-order chi connectivity index (χ1) is 12.4. The van der Waals surface area contributed by atoms with Gasteiger partial charge < -0.3 is 0 Å². The molecule has 0 unspecified atom stereocenters. The van der Waals surface area contributed by atoms with Crippen molar-refractivity contribution >= 4 is 40.5 Å². The molecule has 0 aliphatic heterocycles. The summed E-state index contributed by atoms with van der Waals surface area (Å²) in [5.74, 6) is -0.613. The van der Waals surface area contributed by atoms with Crippen LogP contribution in [0, 0.1) is 0 Å². The van der Waals surface area contributed by atoms with Crippen molar-refractivity contribution in [2.75, 3.05) is 37.2 Å².